The number of hydrogen-bond acceptors (Lipinski definition) is 4. The maximum Gasteiger partial charge on any atom is 0.315 e. The number of aromatic amines is 1. The number of H-pyrrole nitrogens is 1. The number of amides is 2. The molecule has 7 heteroatoms. The third-order valence-electron chi connectivity index (χ3n) is 2.96. The molecule has 1 aromatic heterocycles. The molecule has 1 fully saturated rings. The van der Waals surface area contributed by atoms with E-state index < -0.39 is 0 Å². The summed E-state index contributed by atoms with van der Waals surface area (Å²) in [6.45, 7) is 0.526. The number of aromatic nitrogens is 4. The number of rotatable bonds is 4. The molecule has 0 aromatic carbocycles. The van der Waals surface area contributed by atoms with Gasteiger partial charge in [0.05, 0.1) is 0 Å². The van der Waals surface area contributed by atoms with Crippen molar-refractivity contribution in [2.75, 3.05) is 6.54 Å². The molecule has 1 aromatic rings. The van der Waals surface area contributed by atoms with Gasteiger partial charge in [0.1, 0.15) is 0 Å². The van der Waals surface area contributed by atoms with Crippen molar-refractivity contribution in [3.63, 3.8) is 0 Å². The van der Waals surface area contributed by atoms with Crippen LogP contribution in [0.15, 0.2) is 0 Å². The van der Waals surface area contributed by atoms with Gasteiger partial charge in [0.2, 0.25) is 0 Å². The highest BCUT2D eigenvalue weighted by Crippen LogP contribution is 2.16. The molecule has 1 heterocycles. The van der Waals surface area contributed by atoms with Gasteiger partial charge in [-0.25, -0.2) is 4.79 Å². The van der Waals surface area contributed by atoms with E-state index in [0.717, 1.165) is 12.8 Å². The third-order valence-corrected chi connectivity index (χ3v) is 2.96. The van der Waals surface area contributed by atoms with Gasteiger partial charge in [-0.05, 0) is 12.8 Å². The van der Waals surface area contributed by atoms with E-state index in [4.69, 9.17) is 0 Å². The summed E-state index contributed by atoms with van der Waals surface area (Å²) in [4.78, 5) is 11.6. The summed E-state index contributed by atoms with van der Waals surface area (Å²) in [6.07, 6.45) is 6.50. The molecule has 3 N–H and O–H groups in total. The lowest BCUT2D eigenvalue weighted by Gasteiger charge is -2.22. The summed E-state index contributed by atoms with van der Waals surface area (Å²) < 4.78 is 0. The van der Waals surface area contributed by atoms with Crippen LogP contribution >= 0.6 is 0 Å². The lowest BCUT2D eigenvalue weighted by molar-refractivity contribution is 0.232. The number of carbonyl (C=O) groups is 1. The largest absolute Gasteiger partial charge is 0.338 e. The molecule has 0 atom stereocenters. The molecule has 1 aliphatic carbocycles. The number of tetrazole rings is 1. The Morgan fingerprint density at radius 3 is 2.88 bits per heavy atom. The Kier molecular flexibility index (Phi) is 4.29. The molecule has 17 heavy (non-hydrogen) atoms. The molecule has 1 saturated carbocycles. The predicted octanol–water partition coefficient (Wildman–Crippen LogP) is 0.374. The van der Waals surface area contributed by atoms with Crippen molar-refractivity contribution in [3.8, 4) is 0 Å². The summed E-state index contributed by atoms with van der Waals surface area (Å²) in [7, 11) is 0. The topological polar surface area (TPSA) is 95.6 Å². The number of nitrogens with one attached hydrogen (secondary N) is 3. The Morgan fingerprint density at radius 1 is 1.35 bits per heavy atom. The predicted molar refractivity (Wildman–Crippen MR) is 61.3 cm³/mol. The van der Waals surface area contributed by atoms with Crippen LogP contribution in [0.1, 0.15) is 37.9 Å². The van der Waals surface area contributed by atoms with Gasteiger partial charge >= 0.3 is 6.03 Å². The van der Waals surface area contributed by atoms with Crippen LogP contribution in [0, 0.1) is 0 Å². The fourth-order valence-electron chi connectivity index (χ4n) is 2.06. The Labute approximate surface area is 99.7 Å². The van der Waals surface area contributed by atoms with Crippen molar-refractivity contribution in [2.45, 2.75) is 44.6 Å². The SMILES string of the molecule is O=C(NCCc1nn[nH]n1)NC1CCCCC1. The first-order chi connectivity index (χ1) is 8.34. The van der Waals surface area contributed by atoms with E-state index in [1.54, 1.807) is 0 Å². The van der Waals surface area contributed by atoms with Gasteiger partial charge in [-0.2, -0.15) is 5.21 Å². The van der Waals surface area contributed by atoms with Crippen molar-refractivity contribution < 1.29 is 4.79 Å². The first-order valence-electron chi connectivity index (χ1n) is 6.11. The van der Waals surface area contributed by atoms with Crippen LogP contribution in [0.5, 0.6) is 0 Å². The van der Waals surface area contributed by atoms with Crippen LogP contribution in [0.2, 0.25) is 0 Å². The average Bonchev–Trinajstić information content (AvgIpc) is 2.83. The van der Waals surface area contributed by atoms with Crippen molar-refractivity contribution in [3.05, 3.63) is 5.82 Å². The van der Waals surface area contributed by atoms with E-state index in [0.29, 0.717) is 24.8 Å². The molecule has 0 bridgehead atoms. The van der Waals surface area contributed by atoms with Crippen LogP contribution in [0.25, 0.3) is 0 Å². The minimum atomic E-state index is -0.0969. The quantitative estimate of drug-likeness (QED) is 0.706. The van der Waals surface area contributed by atoms with E-state index in [2.05, 4.69) is 31.3 Å². The average molecular weight is 238 g/mol. The van der Waals surface area contributed by atoms with E-state index in [9.17, 15) is 4.79 Å². The molecule has 0 radical (unpaired) electrons. The number of carbonyl (C=O) groups excluding carboxylic acids is 1. The second kappa shape index (κ2) is 6.17. The van der Waals surface area contributed by atoms with E-state index in [-0.39, 0.29) is 6.03 Å². The highest BCUT2D eigenvalue weighted by molar-refractivity contribution is 5.74. The second-order valence-electron chi connectivity index (χ2n) is 4.31. The zero-order chi connectivity index (χ0) is 11.9. The Balaban J connectivity index is 1.60. The molecule has 2 amide bonds. The fourth-order valence-corrected chi connectivity index (χ4v) is 2.06. The first-order valence-corrected chi connectivity index (χ1v) is 6.11. The van der Waals surface area contributed by atoms with Gasteiger partial charge in [0, 0.05) is 19.0 Å². The molecule has 0 spiro atoms. The van der Waals surface area contributed by atoms with Gasteiger partial charge in [0.15, 0.2) is 5.82 Å². The van der Waals surface area contributed by atoms with E-state index in [1.807, 2.05) is 0 Å². The molecular weight excluding hydrogens is 220 g/mol. The molecule has 2 rings (SSSR count). The van der Waals surface area contributed by atoms with Crippen LogP contribution in [-0.2, 0) is 6.42 Å². The minimum absolute atomic E-state index is 0.0969. The zero-order valence-electron chi connectivity index (χ0n) is 9.78. The fraction of sp³-hybridized carbons (Fsp3) is 0.800. The second-order valence-corrected chi connectivity index (χ2v) is 4.31. The lowest BCUT2D eigenvalue weighted by Crippen LogP contribution is -2.43. The normalized spacial score (nSPS) is 16.7. The number of urea groups is 1. The monoisotopic (exact) mass is 238 g/mol. The molecule has 0 unspecified atom stereocenters. The first kappa shape index (κ1) is 11.8. The van der Waals surface area contributed by atoms with Gasteiger partial charge in [0.25, 0.3) is 0 Å². The molecule has 0 saturated heterocycles. The minimum Gasteiger partial charge on any atom is -0.338 e. The van der Waals surface area contributed by atoms with Crippen molar-refractivity contribution in [2.24, 2.45) is 0 Å². The van der Waals surface area contributed by atoms with Gasteiger partial charge in [-0.1, -0.05) is 24.5 Å². The molecule has 1 aliphatic rings. The number of nitrogens with zero attached hydrogens (tertiary/aromatic N) is 3. The van der Waals surface area contributed by atoms with Crippen molar-refractivity contribution in [1.29, 1.82) is 0 Å². The van der Waals surface area contributed by atoms with Crippen LogP contribution in [0.4, 0.5) is 4.79 Å². The van der Waals surface area contributed by atoms with Crippen LogP contribution < -0.4 is 10.6 Å². The highest BCUT2D eigenvalue weighted by Gasteiger charge is 2.15. The third kappa shape index (κ3) is 4.01. The Hall–Kier alpha value is -1.66. The highest BCUT2D eigenvalue weighted by atomic mass is 16.2. The standard InChI is InChI=1S/C10H18N6O/c17-10(12-8-4-2-1-3-5-8)11-7-6-9-13-15-16-14-9/h8H,1-7H2,(H2,11,12,17)(H,13,14,15,16). The smallest absolute Gasteiger partial charge is 0.315 e. The van der Waals surface area contributed by atoms with E-state index in [1.165, 1.54) is 19.3 Å². The summed E-state index contributed by atoms with van der Waals surface area (Å²) in [5.41, 5.74) is 0. The van der Waals surface area contributed by atoms with Crippen molar-refractivity contribution in [1.82, 2.24) is 31.3 Å². The summed E-state index contributed by atoms with van der Waals surface area (Å²) in [5.74, 6) is 0.614. The Bertz CT molecular complexity index is 333. The summed E-state index contributed by atoms with van der Waals surface area (Å²) >= 11 is 0. The molecule has 7 nitrogen and oxygen atoms in total. The van der Waals surface area contributed by atoms with Gasteiger partial charge in [-0.3, -0.25) is 0 Å². The zero-order valence-corrected chi connectivity index (χ0v) is 9.78. The maximum absolute atomic E-state index is 11.6. The van der Waals surface area contributed by atoms with Gasteiger partial charge < -0.3 is 10.6 Å². The van der Waals surface area contributed by atoms with Crippen LogP contribution in [0.3, 0.4) is 0 Å². The molecule has 0 aliphatic heterocycles. The summed E-state index contributed by atoms with van der Waals surface area (Å²) in [5, 5.41) is 19.2. The molecular formula is C10H18N6O. The van der Waals surface area contributed by atoms with E-state index >= 15 is 0 Å². The van der Waals surface area contributed by atoms with Crippen molar-refractivity contribution >= 4 is 6.03 Å². The Morgan fingerprint density at radius 2 is 2.18 bits per heavy atom. The van der Waals surface area contributed by atoms with Crippen LogP contribution in [-0.4, -0.2) is 39.2 Å². The maximum atomic E-state index is 11.6. The molecule has 94 valence electrons. The summed E-state index contributed by atoms with van der Waals surface area (Å²) in [6, 6.07) is 0.245. The lowest BCUT2D eigenvalue weighted by atomic mass is 9.96. The number of hydrogen-bond donors (Lipinski definition) is 3. The van der Waals surface area contributed by atoms with Gasteiger partial charge in [-0.15, -0.1) is 10.2 Å².